The predicted octanol–water partition coefficient (Wildman–Crippen LogP) is 1.15. The zero-order valence-electron chi connectivity index (χ0n) is 8.91. The van der Waals surface area contributed by atoms with Crippen LogP contribution in [0.4, 0.5) is 0 Å². The van der Waals surface area contributed by atoms with Crippen molar-refractivity contribution in [3.8, 4) is 0 Å². The molecule has 0 saturated heterocycles. The van der Waals surface area contributed by atoms with E-state index in [2.05, 4.69) is 5.48 Å². The minimum Gasteiger partial charge on any atom is -0.469 e. The molecule has 0 aliphatic carbocycles. The third-order valence-corrected chi connectivity index (χ3v) is 1.87. The van der Waals surface area contributed by atoms with Gasteiger partial charge in [0.15, 0.2) is 0 Å². The van der Waals surface area contributed by atoms with Crippen molar-refractivity contribution >= 4 is 5.91 Å². The molecule has 0 fully saturated rings. The molecule has 0 aliphatic rings. The summed E-state index contributed by atoms with van der Waals surface area (Å²) in [6, 6.07) is 1.62. The number of carbonyl (C=O) groups excluding carboxylic acids is 1. The average Bonchev–Trinajstić information content (AvgIpc) is 2.72. The lowest BCUT2D eigenvalue weighted by molar-refractivity contribution is 0.00878. The predicted molar refractivity (Wildman–Crippen MR) is 53.4 cm³/mol. The second-order valence-electron chi connectivity index (χ2n) is 2.88. The maximum atomic E-state index is 11.5. The molecule has 84 valence electrons. The molecular formula is C10H15NO4. The van der Waals surface area contributed by atoms with E-state index in [-0.39, 0.29) is 5.91 Å². The molecule has 0 spiro atoms. The lowest BCUT2D eigenvalue weighted by atomic mass is 10.2. The maximum absolute atomic E-state index is 11.5. The van der Waals surface area contributed by atoms with Crippen molar-refractivity contribution in [1.82, 2.24) is 5.48 Å². The summed E-state index contributed by atoms with van der Waals surface area (Å²) in [5.74, 6) is 0.361. The average molecular weight is 213 g/mol. The van der Waals surface area contributed by atoms with Crippen molar-refractivity contribution in [3.05, 3.63) is 23.7 Å². The van der Waals surface area contributed by atoms with Crippen LogP contribution in [0.5, 0.6) is 0 Å². The number of methoxy groups -OCH3 is 1. The Morgan fingerprint density at radius 2 is 2.33 bits per heavy atom. The van der Waals surface area contributed by atoms with E-state index in [1.54, 1.807) is 13.2 Å². The van der Waals surface area contributed by atoms with Crippen molar-refractivity contribution < 1.29 is 18.8 Å². The molecule has 0 aromatic carbocycles. The van der Waals surface area contributed by atoms with Crippen LogP contribution in [0.2, 0.25) is 0 Å². The van der Waals surface area contributed by atoms with Crippen molar-refractivity contribution in [2.24, 2.45) is 0 Å². The van der Waals surface area contributed by atoms with E-state index in [0.29, 0.717) is 31.0 Å². The summed E-state index contributed by atoms with van der Waals surface area (Å²) in [7, 11) is 1.57. The van der Waals surface area contributed by atoms with E-state index in [0.717, 1.165) is 0 Å². The van der Waals surface area contributed by atoms with Crippen LogP contribution >= 0.6 is 0 Å². The van der Waals surface area contributed by atoms with Crippen molar-refractivity contribution in [2.45, 2.75) is 13.3 Å². The molecule has 1 amide bonds. The highest BCUT2D eigenvalue weighted by atomic mass is 16.7. The molecule has 0 saturated carbocycles. The molecule has 5 heteroatoms. The van der Waals surface area contributed by atoms with Crippen LogP contribution in [0, 0.1) is 0 Å². The normalized spacial score (nSPS) is 10.3. The summed E-state index contributed by atoms with van der Waals surface area (Å²) in [5.41, 5.74) is 2.82. The summed E-state index contributed by atoms with van der Waals surface area (Å²) in [4.78, 5) is 16.4. The molecule has 1 N–H and O–H groups in total. The minimum atomic E-state index is -0.295. The summed E-state index contributed by atoms with van der Waals surface area (Å²) < 4.78 is 9.89. The Labute approximate surface area is 88.3 Å². The largest absolute Gasteiger partial charge is 0.469 e. The molecule has 1 aromatic rings. The van der Waals surface area contributed by atoms with E-state index in [9.17, 15) is 4.79 Å². The van der Waals surface area contributed by atoms with Crippen LogP contribution in [-0.2, 0) is 16.0 Å². The Kier molecular flexibility index (Phi) is 4.86. The first-order valence-corrected chi connectivity index (χ1v) is 4.77. The number of rotatable bonds is 6. The van der Waals surface area contributed by atoms with Crippen LogP contribution in [0.1, 0.15) is 23.0 Å². The molecular weight excluding hydrogens is 198 g/mol. The Hall–Kier alpha value is -1.33. The monoisotopic (exact) mass is 213 g/mol. The van der Waals surface area contributed by atoms with Gasteiger partial charge in [-0.1, -0.05) is 6.92 Å². The summed E-state index contributed by atoms with van der Waals surface area (Å²) >= 11 is 0. The lowest BCUT2D eigenvalue weighted by Gasteiger charge is -2.04. The fraction of sp³-hybridized carbons (Fsp3) is 0.500. The number of amides is 1. The molecule has 5 nitrogen and oxygen atoms in total. The standard InChI is InChI=1S/C10H15NO4/c1-3-9-8(4-5-14-9)10(12)11-15-7-6-13-2/h4-5H,3,6-7H2,1-2H3,(H,11,12). The number of furan rings is 1. The topological polar surface area (TPSA) is 60.7 Å². The highest BCUT2D eigenvalue weighted by Crippen LogP contribution is 2.10. The van der Waals surface area contributed by atoms with Gasteiger partial charge >= 0.3 is 0 Å². The fourth-order valence-electron chi connectivity index (χ4n) is 1.11. The van der Waals surface area contributed by atoms with Gasteiger partial charge in [-0.3, -0.25) is 9.63 Å². The molecule has 0 unspecified atom stereocenters. The molecule has 0 radical (unpaired) electrons. The quantitative estimate of drug-likeness (QED) is 0.568. The first kappa shape index (κ1) is 11.7. The van der Waals surface area contributed by atoms with Crippen molar-refractivity contribution in [1.29, 1.82) is 0 Å². The van der Waals surface area contributed by atoms with Crippen molar-refractivity contribution in [2.75, 3.05) is 20.3 Å². The third-order valence-electron chi connectivity index (χ3n) is 1.87. The lowest BCUT2D eigenvalue weighted by Crippen LogP contribution is -2.25. The van der Waals surface area contributed by atoms with E-state index in [4.69, 9.17) is 14.0 Å². The Bertz CT molecular complexity index is 308. The van der Waals surface area contributed by atoms with Gasteiger partial charge < -0.3 is 9.15 Å². The summed E-state index contributed by atoms with van der Waals surface area (Å²) in [5, 5.41) is 0. The SMILES string of the molecule is CCc1occc1C(=O)NOCCOC. The highest BCUT2D eigenvalue weighted by molar-refractivity contribution is 5.94. The second kappa shape index (κ2) is 6.21. The minimum absolute atomic E-state index is 0.295. The van der Waals surface area contributed by atoms with Gasteiger partial charge in [0.25, 0.3) is 5.91 Å². The van der Waals surface area contributed by atoms with Gasteiger partial charge in [-0.25, -0.2) is 5.48 Å². The molecule has 1 rings (SSSR count). The number of ether oxygens (including phenoxy) is 1. The van der Waals surface area contributed by atoms with E-state index in [1.807, 2.05) is 6.92 Å². The number of carbonyl (C=O) groups is 1. The number of nitrogens with one attached hydrogen (secondary N) is 1. The van der Waals surface area contributed by atoms with Crippen molar-refractivity contribution in [3.63, 3.8) is 0 Å². The Balaban J connectivity index is 2.40. The highest BCUT2D eigenvalue weighted by Gasteiger charge is 2.12. The van der Waals surface area contributed by atoms with Gasteiger partial charge in [0.1, 0.15) is 5.76 Å². The number of hydroxylamine groups is 1. The van der Waals surface area contributed by atoms with E-state index in [1.165, 1.54) is 6.26 Å². The van der Waals surface area contributed by atoms with E-state index >= 15 is 0 Å². The Morgan fingerprint density at radius 3 is 3.00 bits per heavy atom. The van der Waals surface area contributed by atoms with Crippen LogP contribution in [0.3, 0.4) is 0 Å². The molecule has 1 heterocycles. The Morgan fingerprint density at radius 1 is 1.53 bits per heavy atom. The summed E-state index contributed by atoms with van der Waals surface area (Å²) in [6.45, 7) is 2.68. The maximum Gasteiger partial charge on any atom is 0.278 e. The first-order valence-electron chi connectivity index (χ1n) is 4.77. The van der Waals surface area contributed by atoms with Gasteiger partial charge in [-0.15, -0.1) is 0 Å². The smallest absolute Gasteiger partial charge is 0.278 e. The van der Waals surface area contributed by atoms with Gasteiger partial charge in [0, 0.05) is 13.5 Å². The molecule has 0 atom stereocenters. The van der Waals surface area contributed by atoms with Gasteiger partial charge in [0.05, 0.1) is 25.0 Å². The molecule has 0 bridgehead atoms. The number of hydrogen-bond donors (Lipinski definition) is 1. The first-order chi connectivity index (χ1) is 7.29. The van der Waals surface area contributed by atoms with Gasteiger partial charge in [-0.2, -0.15) is 0 Å². The van der Waals surface area contributed by atoms with Crippen LogP contribution in [-0.4, -0.2) is 26.2 Å². The molecule has 15 heavy (non-hydrogen) atoms. The molecule has 1 aromatic heterocycles. The molecule has 0 aliphatic heterocycles. The van der Waals surface area contributed by atoms with E-state index < -0.39 is 0 Å². The fourth-order valence-corrected chi connectivity index (χ4v) is 1.11. The number of aryl methyl sites for hydroxylation is 1. The second-order valence-corrected chi connectivity index (χ2v) is 2.88. The number of hydrogen-bond acceptors (Lipinski definition) is 4. The van der Waals surface area contributed by atoms with Crippen LogP contribution in [0.25, 0.3) is 0 Å². The van der Waals surface area contributed by atoms with Gasteiger partial charge in [0.2, 0.25) is 0 Å². The third kappa shape index (κ3) is 3.38. The summed E-state index contributed by atoms with van der Waals surface area (Å²) in [6.07, 6.45) is 2.16. The van der Waals surface area contributed by atoms with Crippen LogP contribution < -0.4 is 5.48 Å². The zero-order chi connectivity index (χ0) is 11.1. The van der Waals surface area contributed by atoms with Gasteiger partial charge in [-0.05, 0) is 6.07 Å². The zero-order valence-corrected chi connectivity index (χ0v) is 8.91. The van der Waals surface area contributed by atoms with Crippen LogP contribution in [0.15, 0.2) is 16.7 Å².